The highest BCUT2D eigenvalue weighted by atomic mass is 79.9. The highest BCUT2D eigenvalue weighted by Gasteiger charge is 2.45. The number of nitrogens with zero attached hydrogens (tertiary/aromatic N) is 1. The minimum Gasteiger partial charge on any atom is -0.598 e. The van der Waals surface area contributed by atoms with E-state index in [0.29, 0.717) is 4.60 Å². The Morgan fingerprint density at radius 3 is 2.26 bits per heavy atom. The summed E-state index contributed by atoms with van der Waals surface area (Å²) in [4.78, 5) is 3.76. The van der Waals surface area contributed by atoms with Gasteiger partial charge in [0.15, 0.2) is 6.04 Å². The zero-order valence-electron chi connectivity index (χ0n) is 10.6. The lowest BCUT2D eigenvalue weighted by atomic mass is 10.1. The van der Waals surface area contributed by atoms with Crippen LogP contribution in [0.15, 0.2) is 22.9 Å². The highest BCUT2D eigenvalue weighted by molar-refractivity contribution is 9.10. The van der Waals surface area contributed by atoms with E-state index in [4.69, 9.17) is 0 Å². The summed E-state index contributed by atoms with van der Waals surface area (Å²) in [7, 11) is 0. The average Bonchev–Trinajstić information content (AvgIpc) is 2.24. The normalized spacial score (nSPS) is 16.2. The molecule has 0 spiro atoms. The summed E-state index contributed by atoms with van der Waals surface area (Å²) in [6.07, 6.45) is -3.44. The summed E-state index contributed by atoms with van der Waals surface area (Å²) in [5.74, 6) is 0. The number of halogens is 4. The molecule has 0 saturated carbocycles. The summed E-state index contributed by atoms with van der Waals surface area (Å²) in [6, 6.07) is 0.700. The van der Waals surface area contributed by atoms with Gasteiger partial charge in [-0.25, -0.2) is 4.98 Å². The van der Waals surface area contributed by atoms with Gasteiger partial charge in [-0.3, -0.25) is 0 Å². The molecule has 2 atom stereocenters. The van der Waals surface area contributed by atoms with Gasteiger partial charge in [0.25, 0.3) is 0 Å². The molecule has 1 rings (SSSR count). The van der Waals surface area contributed by atoms with E-state index in [9.17, 15) is 17.7 Å². The minimum atomic E-state index is -4.55. The molecule has 0 aromatic carbocycles. The number of rotatable bonds is 3. The first-order chi connectivity index (χ1) is 8.51. The Morgan fingerprint density at radius 2 is 1.89 bits per heavy atom. The van der Waals surface area contributed by atoms with Crippen LogP contribution in [0.2, 0.25) is 0 Å². The molecule has 19 heavy (non-hydrogen) atoms. The molecule has 0 unspecified atom stereocenters. The lowest BCUT2D eigenvalue weighted by Gasteiger charge is -2.29. The number of hydrogen-bond donors (Lipinski definition) is 1. The molecule has 0 aliphatic rings. The van der Waals surface area contributed by atoms with Crippen molar-refractivity contribution in [2.24, 2.45) is 0 Å². The Labute approximate surface area is 121 Å². The van der Waals surface area contributed by atoms with Crippen LogP contribution in [-0.4, -0.2) is 20.5 Å². The average molecular weight is 359 g/mol. The van der Waals surface area contributed by atoms with E-state index in [-0.39, 0.29) is 5.56 Å². The largest absolute Gasteiger partial charge is 0.598 e. The van der Waals surface area contributed by atoms with Crippen molar-refractivity contribution in [1.82, 2.24) is 9.71 Å². The Bertz CT molecular complexity index is 419. The van der Waals surface area contributed by atoms with Crippen molar-refractivity contribution in [1.29, 1.82) is 0 Å². The van der Waals surface area contributed by atoms with Crippen LogP contribution in [-0.2, 0) is 11.4 Å². The van der Waals surface area contributed by atoms with Crippen molar-refractivity contribution < 1.29 is 17.7 Å². The van der Waals surface area contributed by atoms with Gasteiger partial charge in [-0.05, 0) is 42.8 Å². The van der Waals surface area contributed by atoms with Crippen LogP contribution >= 0.6 is 15.9 Å². The molecule has 0 aliphatic carbocycles. The Hall–Kier alpha value is -0.310. The first-order valence-electron chi connectivity index (χ1n) is 5.38. The van der Waals surface area contributed by atoms with Crippen LogP contribution in [0.25, 0.3) is 0 Å². The second-order valence-electron chi connectivity index (χ2n) is 4.89. The predicted octanol–water partition coefficient (Wildman–Crippen LogP) is 3.50. The van der Waals surface area contributed by atoms with Crippen molar-refractivity contribution in [3.63, 3.8) is 0 Å². The van der Waals surface area contributed by atoms with E-state index in [1.807, 2.05) is 0 Å². The summed E-state index contributed by atoms with van der Waals surface area (Å²) in [5, 5.41) is 0. The maximum atomic E-state index is 13.0. The van der Waals surface area contributed by atoms with Crippen molar-refractivity contribution in [2.75, 3.05) is 0 Å². The number of aromatic nitrogens is 1. The first-order valence-corrected chi connectivity index (χ1v) is 7.32. The van der Waals surface area contributed by atoms with Gasteiger partial charge in [0.2, 0.25) is 0 Å². The number of nitrogens with one attached hydrogen (secondary N) is 1. The maximum Gasteiger partial charge on any atom is 0.412 e. The maximum absolute atomic E-state index is 13.0. The van der Waals surface area contributed by atoms with Gasteiger partial charge in [-0.1, -0.05) is 6.07 Å². The van der Waals surface area contributed by atoms with Crippen molar-refractivity contribution in [3.8, 4) is 0 Å². The lowest BCUT2D eigenvalue weighted by molar-refractivity contribution is -0.153. The molecule has 1 heterocycles. The molecule has 1 aromatic rings. The van der Waals surface area contributed by atoms with E-state index >= 15 is 0 Å². The molecule has 8 heteroatoms. The van der Waals surface area contributed by atoms with Gasteiger partial charge in [0.05, 0.1) is 0 Å². The molecule has 0 radical (unpaired) electrons. The smallest absolute Gasteiger partial charge is 0.412 e. The second-order valence-corrected chi connectivity index (χ2v) is 7.70. The number of hydrogen-bond acceptors (Lipinski definition) is 3. The summed E-state index contributed by atoms with van der Waals surface area (Å²) >= 11 is 1.23. The topological polar surface area (TPSA) is 48.0 Å². The van der Waals surface area contributed by atoms with Crippen molar-refractivity contribution in [3.05, 3.63) is 28.5 Å². The van der Waals surface area contributed by atoms with Gasteiger partial charge in [0.1, 0.15) is 9.35 Å². The summed E-state index contributed by atoms with van der Waals surface area (Å²) in [5.41, 5.74) is -0.0756. The molecule has 3 nitrogen and oxygen atoms in total. The first kappa shape index (κ1) is 16.7. The number of pyridine rings is 1. The minimum absolute atomic E-state index is 0.0756. The molecule has 0 amide bonds. The van der Waals surface area contributed by atoms with Crippen LogP contribution in [0.1, 0.15) is 32.4 Å². The fraction of sp³-hybridized carbons (Fsp3) is 0.545. The zero-order valence-corrected chi connectivity index (χ0v) is 13.0. The van der Waals surface area contributed by atoms with Crippen LogP contribution in [0.4, 0.5) is 13.2 Å². The zero-order chi connectivity index (χ0) is 14.8. The van der Waals surface area contributed by atoms with Gasteiger partial charge >= 0.3 is 6.18 Å². The molecule has 1 N–H and O–H groups in total. The van der Waals surface area contributed by atoms with E-state index in [0.717, 1.165) is 6.20 Å². The predicted molar refractivity (Wildman–Crippen MR) is 71.8 cm³/mol. The molecule has 0 saturated heterocycles. The number of alkyl halides is 3. The third kappa shape index (κ3) is 4.94. The molecular formula is C11H14BrF3N2OS. The molecule has 0 fully saturated rings. The van der Waals surface area contributed by atoms with E-state index < -0.39 is 28.3 Å². The molecule has 0 aliphatic heterocycles. The quantitative estimate of drug-likeness (QED) is 0.664. The second kappa shape index (κ2) is 5.99. The van der Waals surface area contributed by atoms with E-state index in [1.165, 1.54) is 12.1 Å². The molecule has 0 bridgehead atoms. The van der Waals surface area contributed by atoms with Crippen LogP contribution in [0.3, 0.4) is 0 Å². The summed E-state index contributed by atoms with van der Waals surface area (Å²) in [6.45, 7) is 4.80. The highest BCUT2D eigenvalue weighted by Crippen LogP contribution is 2.34. The standard InChI is InChI=1S/C11H14BrF3N2OS/c1-10(2,3)19(18)17-9(11(13,14)15)7-4-5-8(12)16-6-7/h4-6,9,17H,1-3H3/t9-,19-/m1/s1. The SMILES string of the molecule is CC(C)(C)[S@@+]([O-])N[C@H](c1ccc(Br)nc1)C(F)(F)F. The van der Waals surface area contributed by atoms with Gasteiger partial charge in [0, 0.05) is 23.1 Å². The fourth-order valence-corrected chi connectivity index (χ4v) is 2.24. The van der Waals surface area contributed by atoms with Crippen LogP contribution in [0, 0.1) is 0 Å². The molecular weight excluding hydrogens is 345 g/mol. The Balaban J connectivity index is 3.00. The van der Waals surface area contributed by atoms with Crippen molar-refractivity contribution in [2.45, 2.75) is 37.7 Å². The van der Waals surface area contributed by atoms with Crippen LogP contribution < -0.4 is 4.72 Å². The lowest BCUT2D eigenvalue weighted by Crippen LogP contribution is -2.45. The van der Waals surface area contributed by atoms with Crippen LogP contribution in [0.5, 0.6) is 0 Å². The van der Waals surface area contributed by atoms with E-state index in [1.54, 1.807) is 20.8 Å². The molecule has 108 valence electrons. The molecule has 1 aromatic heterocycles. The third-order valence-corrected chi connectivity index (χ3v) is 4.22. The fourth-order valence-electron chi connectivity index (χ4n) is 1.17. The Kier molecular flexibility index (Phi) is 5.28. The van der Waals surface area contributed by atoms with Gasteiger partial charge in [-0.15, -0.1) is 4.72 Å². The summed E-state index contributed by atoms with van der Waals surface area (Å²) < 4.78 is 52.7. The third-order valence-electron chi connectivity index (χ3n) is 2.19. The Morgan fingerprint density at radius 1 is 1.32 bits per heavy atom. The van der Waals surface area contributed by atoms with Gasteiger partial charge < -0.3 is 4.55 Å². The van der Waals surface area contributed by atoms with E-state index in [2.05, 4.69) is 25.6 Å². The monoisotopic (exact) mass is 358 g/mol. The van der Waals surface area contributed by atoms with Gasteiger partial charge in [-0.2, -0.15) is 13.2 Å². The van der Waals surface area contributed by atoms with Crippen molar-refractivity contribution >= 4 is 27.3 Å².